The minimum atomic E-state index is -0.963. The maximum Gasteiger partial charge on any atom is 0.331 e. The van der Waals surface area contributed by atoms with E-state index in [1.807, 2.05) is 121 Å². The van der Waals surface area contributed by atoms with Crippen LogP contribution in [-0.4, -0.2) is 57.0 Å². The molecule has 236 valence electrons. The molecule has 0 bridgehead atoms. The minimum Gasteiger partial charge on any atom is -0.467 e. The third-order valence-electron chi connectivity index (χ3n) is 7.43. The molecule has 0 spiro atoms. The Balaban J connectivity index is 1.43. The molecule has 0 saturated carbocycles. The molecule has 1 aliphatic heterocycles. The SMILES string of the molecule is COC(=O)CO[C@@H]1OC(COCc2ccccc2)[C@H](OCc2ccccc2)[C@H](OCc2ccccc2)C1OCc1ccccc1. The zero-order valence-electron chi connectivity index (χ0n) is 25.4. The van der Waals surface area contributed by atoms with Crippen molar-refractivity contribution >= 4 is 5.97 Å². The van der Waals surface area contributed by atoms with E-state index in [9.17, 15) is 4.79 Å². The second kappa shape index (κ2) is 17.6. The summed E-state index contributed by atoms with van der Waals surface area (Å²) in [6.07, 6.45) is -3.54. The quantitative estimate of drug-likeness (QED) is 0.145. The van der Waals surface area contributed by atoms with Gasteiger partial charge in [-0.25, -0.2) is 4.79 Å². The predicted molar refractivity (Wildman–Crippen MR) is 168 cm³/mol. The van der Waals surface area contributed by atoms with Gasteiger partial charge in [0, 0.05) is 0 Å². The van der Waals surface area contributed by atoms with E-state index in [-0.39, 0.29) is 19.8 Å². The van der Waals surface area contributed by atoms with Crippen LogP contribution in [0.1, 0.15) is 22.3 Å². The van der Waals surface area contributed by atoms with Crippen molar-refractivity contribution in [2.45, 2.75) is 57.1 Å². The van der Waals surface area contributed by atoms with E-state index >= 15 is 0 Å². The van der Waals surface area contributed by atoms with Crippen LogP contribution < -0.4 is 0 Å². The Morgan fingerprint density at radius 1 is 0.556 bits per heavy atom. The van der Waals surface area contributed by atoms with Gasteiger partial charge in [0.1, 0.15) is 31.0 Å². The first-order valence-electron chi connectivity index (χ1n) is 15.1. The molecule has 8 heteroatoms. The molecule has 0 aromatic heterocycles. The second-order valence-corrected chi connectivity index (χ2v) is 10.7. The van der Waals surface area contributed by atoms with Gasteiger partial charge in [-0.05, 0) is 22.3 Å². The number of benzene rings is 4. The highest BCUT2D eigenvalue weighted by molar-refractivity contribution is 5.70. The number of hydrogen-bond acceptors (Lipinski definition) is 8. The lowest BCUT2D eigenvalue weighted by Crippen LogP contribution is -2.62. The Morgan fingerprint density at radius 3 is 1.44 bits per heavy atom. The van der Waals surface area contributed by atoms with E-state index in [0.29, 0.717) is 19.8 Å². The van der Waals surface area contributed by atoms with Crippen LogP contribution in [0.25, 0.3) is 0 Å². The summed E-state index contributed by atoms with van der Waals surface area (Å²) in [4.78, 5) is 12.1. The molecule has 8 nitrogen and oxygen atoms in total. The van der Waals surface area contributed by atoms with Crippen LogP contribution in [0, 0.1) is 0 Å². The molecule has 1 saturated heterocycles. The van der Waals surface area contributed by atoms with Gasteiger partial charge in [-0.15, -0.1) is 0 Å². The zero-order valence-corrected chi connectivity index (χ0v) is 25.4. The minimum absolute atomic E-state index is 0.197. The van der Waals surface area contributed by atoms with Gasteiger partial charge in [-0.2, -0.15) is 0 Å². The summed E-state index contributed by atoms with van der Waals surface area (Å²) in [5.74, 6) is -0.526. The molecule has 45 heavy (non-hydrogen) atoms. The molecule has 5 rings (SSSR count). The van der Waals surface area contributed by atoms with Crippen LogP contribution in [0.5, 0.6) is 0 Å². The van der Waals surface area contributed by atoms with Gasteiger partial charge < -0.3 is 33.2 Å². The van der Waals surface area contributed by atoms with Crippen molar-refractivity contribution < 1.29 is 38.0 Å². The van der Waals surface area contributed by atoms with Gasteiger partial charge in [0.15, 0.2) is 6.29 Å². The van der Waals surface area contributed by atoms with Gasteiger partial charge in [-0.1, -0.05) is 121 Å². The van der Waals surface area contributed by atoms with Gasteiger partial charge in [-0.3, -0.25) is 0 Å². The first-order valence-corrected chi connectivity index (χ1v) is 15.1. The van der Waals surface area contributed by atoms with E-state index < -0.39 is 36.7 Å². The lowest BCUT2D eigenvalue weighted by atomic mass is 9.97. The largest absolute Gasteiger partial charge is 0.467 e. The molecule has 1 aliphatic rings. The van der Waals surface area contributed by atoms with E-state index in [2.05, 4.69) is 0 Å². The van der Waals surface area contributed by atoms with Gasteiger partial charge in [0.05, 0.1) is 40.1 Å². The fraction of sp³-hybridized carbons (Fsp3) is 0.324. The monoisotopic (exact) mass is 612 g/mol. The van der Waals surface area contributed by atoms with Crippen molar-refractivity contribution in [3.63, 3.8) is 0 Å². The lowest BCUT2D eigenvalue weighted by molar-refractivity contribution is -0.327. The third kappa shape index (κ3) is 10.1. The number of carbonyl (C=O) groups is 1. The lowest BCUT2D eigenvalue weighted by Gasteiger charge is -2.45. The Labute approximate surface area is 264 Å². The maximum absolute atomic E-state index is 12.1. The molecular weight excluding hydrogens is 572 g/mol. The smallest absolute Gasteiger partial charge is 0.331 e. The van der Waals surface area contributed by atoms with E-state index in [1.165, 1.54) is 7.11 Å². The average molecular weight is 613 g/mol. The van der Waals surface area contributed by atoms with Crippen LogP contribution in [0.15, 0.2) is 121 Å². The summed E-state index contributed by atoms with van der Waals surface area (Å²) >= 11 is 0. The number of carbonyl (C=O) groups excluding carboxylic acids is 1. The van der Waals surface area contributed by atoms with Crippen LogP contribution in [0.3, 0.4) is 0 Å². The van der Waals surface area contributed by atoms with Crippen molar-refractivity contribution in [2.75, 3.05) is 20.3 Å². The van der Waals surface area contributed by atoms with Crippen molar-refractivity contribution in [3.05, 3.63) is 144 Å². The maximum atomic E-state index is 12.1. The summed E-state index contributed by atoms with van der Waals surface area (Å²) in [5, 5.41) is 0. The first-order chi connectivity index (χ1) is 22.2. The normalized spacial score (nSPS) is 21.3. The average Bonchev–Trinajstić information content (AvgIpc) is 3.10. The fourth-order valence-corrected chi connectivity index (χ4v) is 5.09. The molecule has 0 aliphatic carbocycles. The van der Waals surface area contributed by atoms with E-state index in [4.69, 9.17) is 33.2 Å². The highest BCUT2D eigenvalue weighted by Crippen LogP contribution is 2.31. The highest BCUT2D eigenvalue weighted by atomic mass is 16.7. The molecule has 1 fully saturated rings. The number of rotatable bonds is 16. The summed E-state index contributed by atoms with van der Waals surface area (Å²) in [7, 11) is 1.32. The van der Waals surface area contributed by atoms with Gasteiger partial charge in [0.2, 0.25) is 0 Å². The van der Waals surface area contributed by atoms with Crippen molar-refractivity contribution in [1.82, 2.24) is 0 Å². The first kappa shape index (κ1) is 32.5. The predicted octanol–water partition coefficient (Wildman–Crippen LogP) is 5.87. The number of ether oxygens (including phenoxy) is 7. The Morgan fingerprint density at radius 2 is 0.978 bits per heavy atom. The summed E-state index contributed by atoms with van der Waals surface area (Å²) in [5.41, 5.74) is 4.02. The van der Waals surface area contributed by atoms with Crippen LogP contribution in [0.2, 0.25) is 0 Å². The molecule has 4 aromatic carbocycles. The number of hydrogen-bond donors (Lipinski definition) is 0. The highest BCUT2D eigenvalue weighted by Gasteiger charge is 2.49. The molecule has 1 heterocycles. The molecule has 5 atom stereocenters. The number of esters is 1. The summed E-state index contributed by atoms with van der Waals surface area (Å²) in [6, 6.07) is 39.6. The molecule has 0 amide bonds. The van der Waals surface area contributed by atoms with Crippen molar-refractivity contribution in [2.24, 2.45) is 0 Å². The fourth-order valence-electron chi connectivity index (χ4n) is 5.09. The standard InChI is InChI=1S/C37H40O8/c1-39-33(38)27-44-37-36(43-25-31-20-12-5-13-21-31)35(42-24-30-18-10-4-11-19-30)34(41-23-29-16-8-3-9-17-29)32(45-37)26-40-22-28-14-6-2-7-15-28/h2-21,32,34-37H,22-27H2,1H3/t32?,34-,35-,36?,37+/m0/s1. The summed E-state index contributed by atoms with van der Waals surface area (Å²) < 4.78 is 43.3. The van der Waals surface area contributed by atoms with E-state index in [1.54, 1.807) is 0 Å². The molecule has 0 N–H and O–H groups in total. The Kier molecular flexibility index (Phi) is 12.7. The number of methoxy groups -OCH3 is 1. The molecular formula is C37H40O8. The topological polar surface area (TPSA) is 81.7 Å². The van der Waals surface area contributed by atoms with Crippen LogP contribution in [-0.2, 0) is 64.4 Å². The van der Waals surface area contributed by atoms with Crippen molar-refractivity contribution in [3.8, 4) is 0 Å². The molecule has 2 unspecified atom stereocenters. The van der Waals surface area contributed by atoms with E-state index in [0.717, 1.165) is 22.3 Å². The Bertz CT molecular complexity index is 1390. The molecule has 0 radical (unpaired) electrons. The second-order valence-electron chi connectivity index (χ2n) is 10.7. The van der Waals surface area contributed by atoms with Crippen molar-refractivity contribution in [1.29, 1.82) is 0 Å². The summed E-state index contributed by atoms with van der Waals surface area (Å²) in [6.45, 7) is 1.19. The van der Waals surface area contributed by atoms with Gasteiger partial charge >= 0.3 is 5.97 Å². The third-order valence-corrected chi connectivity index (χ3v) is 7.43. The van der Waals surface area contributed by atoms with Gasteiger partial charge in [0.25, 0.3) is 0 Å². The molecule has 4 aromatic rings. The van der Waals surface area contributed by atoms with Crippen LogP contribution in [0.4, 0.5) is 0 Å². The van der Waals surface area contributed by atoms with Crippen LogP contribution >= 0.6 is 0 Å². The Hall–Kier alpha value is -3.89. The zero-order chi connectivity index (χ0) is 31.1.